The molecule has 0 aliphatic rings. The summed E-state index contributed by atoms with van der Waals surface area (Å²) < 4.78 is 28.0. The molecule has 7 nitrogen and oxygen atoms in total. The van der Waals surface area contributed by atoms with Crippen LogP contribution in [-0.4, -0.2) is 19.3 Å². The summed E-state index contributed by atoms with van der Waals surface area (Å²) in [5.74, 6) is 0.454. The van der Waals surface area contributed by atoms with Crippen molar-refractivity contribution in [1.82, 2.24) is 10.3 Å². The van der Waals surface area contributed by atoms with Gasteiger partial charge in [0.05, 0.1) is 10.9 Å². The Morgan fingerprint density at radius 2 is 2.05 bits per heavy atom. The van der Waals surface area contributed by atoms with Crippen LogP contribution in [0.25, 0.3) is 0 Å². The maximum absolute atomic E-state index is 12.2. The summed E-state index contributed by atoms with van der Waals surface area (Å²) >= 11 is 0. The van der Waals surface area contributed by atoms with Gasteiger partial charge in [-0.15, -0.1) is 0 Å². The molecule has 1 atom stereocenters. The minimum absolute atomic E-state index is 0.000407. The smallest absolute Gasteiger partial charge is 0.274 e. The number of oxazole rings is 1. The number of nitrogens with two attached hydrogens (primary N) is 1. The van der Waals surface area contributed by atoms with E-state index in [2.05, 4.69) is 10.3 Å². The topological polar surface area (TPSA) is 115 Å². The molecule has 1 aromatic heterocycles. The number of carbonyl (C=O) groups excluding carboxylic acids is 1. The van der Waals surface area contributed by atoms with Gasteiger partial charge < -0.3 is 9.73 Å². The Kier molecular flexibility index (Phi) is 4.34. The molecule has 1 amide bonds. The summed E-state index contributed by atoms with van der Waals surface area (Å²) in [6.45, 7) is 5.05. The summed E-state index contributed by atoms with van der Waals surface area (Å²) in [7, 11) is -3.78. The lowest BCUT2D eigenvalue weighted by Gasteiger charge is -2.14. The van der Waals surface area contributed by atoms with Gasteiger partial charge in [0, 0.05) is 6.92 Å². The zero-order valence-corrected chi connectivity index (χ0v) is 13.3. The lowest BCUT2D eigenvalue weighted by Crippen LogP contribution is -2.27. The molecule has 3 N–H and O–H groups in total. The van der Waals surface area contributed by atoms with Crippen LogP contribution < -0.4 is 10.5 Å². The Morgan fingerprint density at radius 1 is 1.36 bits per heavy atom. The summed E-state index contributed by atoms with van der Waals surface area (Å²) in [4.78, 5) is 16.2. The number of amides is 1. The van der Waals surface area contributed by atoms with Gasteiger partial charge in [-0.25, -0.2) is 18.5 Å². The Balaban J connectivity index is 2.21. The van der Waals surface area contributed by atoms with Gasteiger partial charge in [0.15, 0.2) is 11.6 Å². The van der Waals surface area contributed by atoms with Crippen LogP contribution in [0.5, 0.6) is 0 Å². The first-order valence-electron chi connectivity index (χ1n) is 6.56. The van der Waals surface area contributed by atoms with E-state index in [-0.39, 0.29) is 16.5 Å². The molecule has 0 aliphatic carbocycles. The molecular weight excluding hydrogens is 306 g/mol. The van der Waals surface area contributed by atoms with E-state index in [1.165, 1.54) is 12.1 Å². The van der Waals surface area contributed by atoms with Crippen molar-refractivity contribution in [1.29, 1.82) is 0 Å². The van der Waals surface area contributed by atoms with Crippen LogP contribution >= 0.6 is 0 Å². The average molecular weight is 323 g/mol. The summed E-state index contributed by atoms with van der Waals surface area (Å²) in [5, 5.41) is 7.85. The number of sulfonamides is 1. The van der Waals surface area contributed by atoms with E-state index in [1.54, 1.807) is 32.9 Å². The SMILES string of the molecule is Cc1nc(C(=O)N[C@@H](C)c2cccc(S(N)(=O)=O)c2)c(C)o1. The number of nitrogens with zero attached hydrogens (tertiary/aromatic N) is 1. The van der Waals surface area contributed by atoms with Crippen molar-refractivity contribution < 1.29 is 17.6 Å². The van der Waals surface area contributed by atoms with E-state index in [4.69, 9.17) is 9.56 Å². The van der Waals surface area contributed by atoms with E-state index < -0.39 is 16.1 Å². The van der Waals surface area contributed by atoms with Gasteiger partial charge in [-0.2, -0.15) is 0 Å². The minimum Gasteiger partial charge on any atom is -0.445 e. The minimum atomic E-state index is -3.78. The van der Waals surface area contributed by atoms with Crippen LogP contribution in [0, 0.1) is 13.8 Å². The molecule has 2 aromatic rings. The molecule has 0 saturated heterocycles. The zero-order valence-electron chi connectivity index (χ0n) is 12.5. The number of benzene rings is 1. The zero-order chi connectivity index (χ0) is 16.5. The average Bonchev–Trinajstić information content (AvgIpc) is 2.77. The molecule has 0 saturated carbocycles. The third kappa shape index (κ3) is 3.52. The Labute approximate surface area is 128 Å². The van der Waals surface area contributed by atoms with Crippen LogP contribution in [0.3, 0.4) is 0 Å². The number of primary sulfonamides is 1. The third-order valence-electron chi connectivity index (χ3n) is 3.15. The molecule has 2 rings (SSSR count). The van der Waals surface area contributed by atoms with Gasteiger partial charge >= 0.3 is 0 Å². The molecule has 0 bridgehead atoms. The number of nitrogens with one attached hydrogen (secondary N) is 1. The normalized spacial score (nSPS) is 12.9. The van der Waals surface area contributed by atoms with Gasteiger partial charge in [-0.3, -0.25) is 4.79 Å². The van der Waals surface area contributed by atoms with Crippen molar-refractivity contribution in [3.63, 3.8) is 0 Å². The quantitative estimate of drug-likeness (QED) is 0.883. The Morgan fingerprint density at radius 3 is 2.59 bits per heavy atom. The fourth-order valence-electron chi connectivity index (χ4n) is 2.05. The number of carbonyl (C=O) groups is 1. The van der Waals surface area contributed by atoms with E-state index in [9.17, 15) is 13.2 Å². The van der Waals surface area contributed by atoms with Crippen LogP contribution in [0.1, 0.15) is 40.7 Å². The predicted octanol–water partition coefficient (Wildman–Crippen LogP) is 1.43. The number of aryl methyl sites for hydroxylation is 2. The van der Waals surface area contributed by atoms with Crippen molar-refractivity contribution in [2.45, 2.75) is 31.7 Å². The molecule has 0 aliphatic heterocycles. The highest BCUT2D eigenvalue weighted by Crippen LogP contribution is 2.18. The first-order valence-corrected chi connectivity index (χ1v) is 8.11. The third-order valence-corrected chi connectivity index (χ3v) is 4.06. The molecule has 0 radical (unpaired) electrons. The second-order valence-corrected chi connectivity index (χ2v) is 6.51. The molecule has 8 heteroatoms. The van der Waals surface area contributed by atoms with E-state index in [1.807, 2.05) is 0 Å². The van der Waals surface area contributed by atoms with Crippen LogP contribution in [-0.2, 0) is 10.0 Å². The highest BCUT2D eigenvalue weighted by Gasteiger charge is 2.19. The van der Waals surface area contributed by atoms with Gasteiger partial charge in [-0.1, -0.05) is 12.1 Å². The van der Waals surface area contributed by atoms with Crippen molar-refractivity contribution in [2.24, 2.45) is 5.14 Å². The molecule has 22 heavy (non-hydrogen) atoms. The second-order valence-electron chi connectivity index (χ2n) is 4.95. The van der Waals surface area contributed by atoms with Crippen LogP contribution in [0.2, 0.25) is 0 Å². The number of rotatable bonds is 4. The molecule has 0 spiro atoms. The molecule has 0 unspecified atom stereocenters. The molecule has 0 fully saturated rings. The maximum Gasteiger partial charge on any atom is 0.274 e. The number of aromatic nitrogens is 1. The second kappa shape index (κ2) is 5.90. The number of hydrogen-bond acceptors (Lipinski definition) is 5. The largest absolute Gasteiger partial charge is 0.445 e. The Bertz CT molecular complexity index is 811. The molecule has 1 heterocycles. The van der Waals surface area contributed by atoms with Crippen molar-refractivity contribution in [3.8, 4) is 0 Å². The van der Waals surface area contributed by atoms with Gasteiger partial charge in [0.1, 0.15) is 5.76 Å². The summed E-state index contributed by atoms with van der Waals surface area (Å²) in [6.07, 6.45) is 0. The van der Waals surface area contributed by atoms with Gasteiger partial charge in [-0.05, 0) is 31.5 Å². The highest BCUT2D eigenvalue weighted by molar-refractivity contribution is 7.89. The maximum atomic E-state index is 12.2. The summed E-state index contributed by atoms with van der Waals surface area (Å²) in [5.41, 5.74) is 0.838. The first-order chi connectivity index (χ1) is 10.2. The van der Waals surface area contributed by atoms with E-state index in [0.717, 1.165) is 0 Å². The van der Waals surface area contributed by atoms with Crippen molar-refractivity contribution >= 4 is 15.9 Å². The van der Waals surface area contributed by atoms with Crippen molar-refractivity contribution in [3.05, 3.63) is 47.2 Å². The van der Waals surface area contributed by atoms with Crippen molar-refractivity contribution in [2.75, 3.05) is 0 Å². The summed E-state index contributed by atoms with van der Waals surface area (Å²) in [6, 6.07) is 5.70. The molecule has 1 aromatic carbocycles. The molecule has 118 valence electrons. The predicted molar refractivity (Wildman–Crippen MR) is 79.7 cm³/mol. The van der Waals surface area contributed by atoms with E-state index >= 15 is 0 Å². The fraction of sp³-hybridized carbons (Fsp3) is 0.286. The number of hydrogen-bond donors (Lipinski definition) is 2. The first kappa shape index (κ1) is 16.2. The lowest BCUT2D eigenvalue weighted by atomic mass is 10.1. The van der Waals surface area contributed by atoms with Crippen LogP contribution in [0.4, 0.5) is 0 Å². The van der Waals surface area contributed by atoms with Gasteiger partial charge in [0.2, 0.25) is 10.0 Å². The standard InChI is InChI=1S/C14H17N3O4S/c1-8(11-5-4-6-12(7-11)22(15,19)20)16-14(18)13-9(2)21-10(3)17-13/h4-8H,1-3H3,(H,16,18)(H2,15,19,20)/t8-/m0/s1. The monoisotopic (exact) mass is 323 g/mol. The lowest BCUT2D eigenvalue weighted by molar-refractivity contribution is 0.0934. The highest BCUT2D eigenvalue weighted by atomic mass is 32.2. The Hall–Kier alpha value is -2.19. The van der Waals surface area contributed by atoms with E-state index in [0.29, 0.717) is 17.2 Å². The molecular formula is C14H17N3O4S. The van der Waals surface area contributed by atoms with Crippen LogP contribution in [0.15, 0.2) is 33.6 Å². The fourth-order valence-corrected chi connectivity index (χ4v) is 2.62. The van der Waals surface area contributed by atoms with Gasteiger partial charge in [0.25, 0.3) is 5.91 Å².